The van der Waals surface area contributed by atoms with Crippen LogP contribution in [0.25, 0.3) is 0 Å². The summed E-state index contributed by atoms with van der Waals surface area (Å²) in [6.45, 7) is 0.367. The number of carbonyl (C=O) groups excluding carboxylic acids is 3. The van der Waals surface area contributed by atoms with Crippen molar-refractivity contribution in [2.24, 2.45) is 0 Å². The van der Waals surface area contributed by atoms with E-state index in [9.17, 15) is 14.4 Å². The van der Waals surface area contributed by atoms with Gasteiger partial charge >= 0.3 is 0 Å². The molecule has 98 valence electrons. The number of nitrogens with two attached hydrogens (primary N) is 1. The van der Waals surface area contributed by atoms with Crippen molar-refractivity contribution in [2.45, 2.75) is 25.4 Å². The normalized spacial score (nSPS) is 22.4. The first-order valence-electron chi connectivity index (χ1n) is 6.09. The number of hydrogen-bond donors (Lipinski definition) is 2. The second kappa shape index (κ2) is 4.08. The molecule has 1 saturated heterocycles. The SMILES string of the molecule is Nc1ccc2c(c1)CN([C@@H]1CCC(=O)NC1=O)C2=O. The van der Waals surface area contributed by atoms with Crippen LogP contribution in [-0.2, 0) is 16.1 Å². The van der Waals surface area contributed by atoms with Crippen LogP contribution in [0.3, 0.4) is 0 Å². The van der Waals surface area contributed by atoms with Gasteiger partial charge in [0.15, 0.2) is 0 Å². The monoisotopic (exact) mass is 259 g/mol. The van der Waals surface area contributed by atoms with Gasteiger partial charge in [0, 0.05) is 24.2 Å². The first-order chi connectivity index (χ1) is 9.06. The zero-order valence-corrected chi connectivity index (χ0v) is 10.2. The van der Waals surface area contributed by atoms with E-state index in [-0.39, 0.29) is 18.2 Å². The molecule has 0 spiro atoms. The summed E-state index contributed by atoms with van der Waals surface area (Å²) in [4.78, 5) is 36.7. The molecule has 1 aromatic rings. The Balaban J connectivity index is 1.87. The van der Waals surface area contributed by atoms with Gasteiger partial charge in [-0.05, 0) is 30.2 Å². The van der Waals surface area contributed by atoms with Gasteiger partial charge in [0.25, 0.3) is 5.91 Å². The maximum Gasteiger partial charge on any atom is 0.255 e. The van der Waals surface area contributed by atoms with E-state index in [2.05, 4.69) is 5.32 Å². The minimum atomic E-state index is -0.571. The fourth-order valence-electron chi connectivity index (χ4n) is 2.59. The van der Waals surface area contributed by atoms with Gasteiger partial charge in [0.1, 0.15) is 6.04 Å². The summed E-state index contributed by atoms with van der Waals surface area (Å²) in [6, 6.07) is 4.53. The molecule has 1 atom stereocenters. The van der Waals surface area contributed by atoms with Crippen molar-refractivity contribution in [1.29, 1.82) is 0 Å². The van der Waals surface area contributed by atoms with Crippen molar-refractivity contribution >= 4 is 23.4 Å². The summed E-state index contributed by atoms with van der Waals surface area (Å²) in [6.07, 6.45) is 0.637. The van der Waals surface area contributed by atoms with Gasteiger partial charge in [0.2, 0.25) is 11.8 Å². The van der Waals surface area contributed by atoms with E-state index >= 15 is 0 Å². The molecule has 2 aliphatic heterocycles. The van der Waals surface area contributed by atoms with Gasteiger partial charge in [-0.3, -0.25) is 19.7 Å². The molecular weight excluding hydrogens is 246 g/mol. The summed E-state index contributed by atoms with van der Waals surface area (Å²) in [5.41, 5.74) is 7.70. The smallest absolute Gasteiger partial charge is 0.255 e. The molecule has 6 heteroatoms. The van der Waals surface area contributed by atoms with Crippen LogP contribution in [0.5, 0.6) is 0 Å². The molecule has 0 saturated carbocycles. The zero-order chi connectivity index (χ0) is 13.6. The summed E-state index contributed by atoms with van der Waals surface area (Å²) < 4.78 is 0. The van der Waals surface area contributed by atoms with Gasteiger partial charge in [-0.25, -0.2) is 0 Å². The Morgan fingerprint density at radius 2 is 2.05 bits per heavy atom. The Bertz CT molecular complexity index is 597. The van der Waals surface area contributed by atoms with Crippen molar-refractivity contribution in [2.75, 3.05) is 5.73 Å². The van der Waals surface area contributed by atoms with Crippen molar-refractivity contribution in [3.05, 3.63) is 29.3 Å². The van der Waals surface area contributed by atoms with Crippen LogP contribution < -0.4 is 11.1 Å². The molecule has 1 fully saturated rings. The number of imide groups is 1. The van der Waals surface area contributed by atoms with Gasteiger partial charge in [-0.1, -0.05) is 0 Å². The van der Waals surface area contributed by atoms with Crippen LogP contribution in [0.4, 0.5) is 5.69 Å². The quantitative estimate of drug-likeness (QED) is 0.549. The van der Waals surface area contributed by atoms with E-state index in [1.807, 2.05) is 0 Å². The number of anilines is 1. The Labute approximate surface area is 109 Å². The molecule has 3 amide bonds. The molecule has 3 N–H and O–H groups in total. The predicted molar refractivity (Wildman–Crippen MR) is 66.9 cm³/mol. The highest BCUT2D eigenvalue weighted by atomic mass is 16.2. The van der Waals surface area contributed by atoms with Gasteiger partial charge in [0.05, 0.1) is 0 Å². The molecule has 0 bridgehead atoms. The van der Waals surface area contributed by atoms with Crippen LogP contribution in [0, 0.1) is 0 Å². The maximum atomic E-state index is 12.3. The first-order valence-corrected chi connectivity index (χ1v) is 6.09. The largest absolute Gasteiger partial charge is 0.399 e. The highest BCUT2D eigenvalue weighted by Gasteiger charge is 2.38. The number of carbonyl (C=O) groups is 3. The van der Waals surface area contributed by atoms with Crippen LogP contribution in [0.2, 0.25) is 0 Å². The molecular formula is C13H13N3O3. The number of piperidine rings is 1. The van der Waals surface area contributed by atoms with Crippen molar-refractivity contribution in [1.82, 2.24) is 10.2 Å². The van der Waals surface area contributed by atoms with Gasteiger partial charge < -0.3 is 10.6 Å². The molecule has 0 aromatic heterocycles. The average Bonchev–Trinajstić information content (AvgIpc) is 2.66. The van der Waals surface area contributed by atoms with Crippen molar-refractivity contribution < 1.29 is 14.4 Å². The second-order valence-electron chi connectivity index (χ2n) is 4.82. The third-order valence-corrected chi connectivity index (χ3v) is 3.55. The van der Waals surface area contributed by atoms with Crippen LogP contribution >= 0.6 is 0 Å². The number of benzene rings is 1. The fourth-order valence-corrected chi connectivity index (χ4v) is 2.59. The Hall–Kier alpha value is -2.37. The lowest BCUT2D eigenvalue weighted by Crippen LogP contribution is -2.52. The Morgan fingerprint density at radius 3 is 2.79 bits per heavy atom. The molecule has 19 heavy (non-hydrogen) atoms. The molecule has 2 aliphatic rings. The third kappa shape index (κ3) is 1.85. The summed E-state index contributed by atoms with van der Waals surface area (Å²) in [5.74, 6) is -0.857. The highest BCUT2D eigenvalue weighted by molar-refractivity contribution is 6.05. The number of fused-ring (bicyclic) bond motifs is 1. The summed E-state index contributed by atoms with van der Waals surface area (Å²) in [7, 11) is 0. The van der Waals surface area contributed by atoms with E-state index < -0.39 is 11.9 Å². The lowest BCUT2D eigenvalue weighted by Gasteiger charge is -2.29. The molecule has 6 nitrogen and oxygen atoms in total. The summed E-state index contributed by atoms with van der Waals surface area (Å²) in [5, 5.41) is 2.27. The van der Waals surface area contributed by atoms with Crippen molar-refractivity contribution in [3.63, 3.8) is 0 Å². The molecule has 0 aliphatic carbocycles. The second-order valence-corrected chi connectivity index (χ2v) is 4.82. The Kier molecular flexibility index (Phi) is 2.51. The van der Waals surface area contributed by atoms with E-state index in [1.165, 1.54) is 4.90 Å². The van der Waals surface area contributed by atoms with Crippen molar-refractivity contribution in [3.8, 4) is 0 Å². The molecule has 2 heterocycles. The minimum absolute atomic E-state index is 0.176. The lowest BCUT2D eigenvalue weighted by atomic mass is 10.0. The van der Waals surface area contributed by atoms with E-state index in [4.69, 9.17) is 5.73 Å². The highest BCUT2D eigenvalue weighted by Crippen LogP contribution is 2.28. The Morgan fingerprint density at radius 1 is 1.26 bits per heavy atom. The van der Waals surface area contributed by atoms with E-state index in [0.717, 1.165) is 5.56 Å². The summed E-state index contributed by atoms with van der Waals surface area (Å²) >= 11 is 0. The van der Waals surface area contributed by atoms with Crippen LogP contribution in [0.15, 0.2) is 18.2 Å². The van der Waals surface area contributed by atoms with Crippen LogP contribution in [-0.4, -0.2) is 28.7 Å². The maximum absolute atomic E-state index is 12.3. The fraction of sp³-hybridized carbons (Fsp3) is 0.308. The van der Waals surface area contributed by atoms with Gasteiger partial charge in [-0.2, -0.15) is 0 Å². The van der Waals surface area contributed by atoms with E-state index in [0.29, 0.717) is 24.2 Å². The first kappa shape index (κ1) is 11.7. The number of nitrogens with one attached hydrogen (secondary N) is 1. The predicted octanol–water partition coefficient (Wildman–Crippen LogP) is 0.0298. The standard InChI is InChI=1S/C13H13N3O3/c14-8-1-2-9-7(5-8)6-16(13(9)19)10-3-4-11(17)15-12(10)18/h1-2,5,10H,3-4,6,14H2,(H,15,17,18)/t10-/m1/s1. The topological polar surface area (TPSA) is 92.5 Å². The molecule has 1 aromatic carbocycles. The number of nitrogens with zero attached hydrogens (tertiary/aromatic N) is 1. The third-order valence-electron chi connectivity index (χ3n) is 3.55. The molecule has 0 unspecified atom stereocenters. The lowest BCUT2D eigenvalue weighted by molar-refractivity contribution is -0.136. The van der Waals surface area contributed by atoms with Crippen LogP contribution in [0.1, 0.15) is 28.8 Å². The number of rotatable bonds is 1. The number of amides is 3. The average molecular weight is 259 g/mol. The number of nitrogen functional groups attached to an aromatic ring is 1. The van der Waals surface area contributed by atoms with Gasteiger partial charge in [-0.15, -0.1) is 0 Å². The van der Waals surface area contributed by atoms with E-state index in [1.54, 1.807) is 18.2 Å². The molecule has 0 radical (unpaired) electrons. The number of hydrogen-bond acceptors (Lipinski definition) is 4. The molecule has 3 rings (SSSR count). The zero-order valence-electron chi connectivity index (χ0n) is 10.2. The minimum Gasteiger partial charge on any atom is -0.399 e.